The summed E-state index contributed by atoms with van der Waals surface area (Å²) in [6, 6.07) is 8.61. The molecular formula is C18H33IN4O. The van der Waals surface area contributed by atoms with Gasteiger partial charge < -0.3 is 20.3 Å². The Balaban J connectivity index is 0.00000529. The lowest BCUT2D eigenvalue weighted by Gasteiger charge is -2.12. The third-order valence-corrected chi connectivity index (χ3v) is 3.22. The summed E-state index contributed by atoms with van der Waals surface area (Å²) in [5.74, 6) is 0.863. The van der Waals surface area contributed by atoms with Crippen LogP contribution in [-0.2, 0) is 17.8 Å². The number of hydrogen-bond donors (Lipinski definition) is 2. The van der Waals surface area contributed by atoms with Crippen LogP contribution in [0.2, 0.25) is 0 Å². The van der Waals surface area contributed by atoms with Gasteiger partial charge in [-0.3, -0.25) is 0 Å². The van der Waals surface area contributed by atoms with Gasteiger partial charge in [0.25, 0.3) is 0 Å². The Morgan fingerprint density at radius 3 is 2.58 bits per heavy atom. The first kappa shape index (κ1) is 23.1. The summed E-state index contributed by atoms with van der Waals surface area (Å²) < 4.78 is 5.35. The minimum absolute atomic E-state index is 0. The van der Waals surface area contributed by atoms with Crippen LogP contribution in [0.5, 0.6) is 0 Å². The number of benzene rings is 1. The molecule has 6 heteroatoms. The molecule has 0 unspecified atom stereocenters. The van der Waals surface area contributed by atoms with Crippen LogP contribution in [0.15, 0.2) is 29.3 Å². The first-order valence-corrected chi connectivity index (χ1v) is 8.48. The number of nitrogens with zero attached hydrogens (tertiary/aromatic N) is 2. The normalized spacial score (nSPS) is 11.3. The van der Waals surface area contributed by atoms with E-state index in [9.17, 15) is 0 Å². The van der Waals surface area contributed by atoms with E-state index in [1.807, 2.05) is 6.92 Å². The fourth-order valence-electron chi connectivity index (χ4n) is 2.23. The zero-order chi connectivity index (χ0) is 16.9. The van der Waals surface area contributed by atoms with Gasteiger partial charge in [-0.25, -0.2) is 4.99 Å². The van der Waals surface area contributed by atoms with Gasteiger partial charge in [-0.15, -0.1) is 24.0 Å². The number of hydrogen-bond acceptors (Lipinski definition) is 3. The van der Waals surface area contributed by atoms with Gasteiger partial charge in [-0.05, 0) is 45.5 Å². The van der Waals surface area contributed by atoms with Crippen molar-refractivity contribution in [1.29, 1.82) is 0 Å². The number of rotatable bonds is 10. The van der Waals surface area contributed by atoms with Gasteiger partial charge in [-0.1, -0.05) is 24.3 Å². The van der Waals surface area contributed by atoms with Crippen LogP contribution >= 0.6 is 24.0 Å². The van der Waals surface area contributed by atoms with E-state index in [4.69, 9.17) is 4.74 Å². The number of nitrogens with one attached hydrogen (secondary N) is 2. The van der Waals surface area contributed by atoms with E-state index in [-0.39, 0.29) is 24.0 Å². The lowest BCUT2D eigenvalue weighted by atomic mass is 10.1. The molecule has 0 aliphatic carbocycles. The van der Waals surface area contributed by atoms with E-state index in [0.29, 0.717) is 6.54 Å². The van der Waals surface area contributed by atoms with Crippen molar-refractivity contribution in [1.82, 2.24) is 15.5 Å². The van der Waals surface area contributed by atoms with Gasteiger partial charge in [-0.2, -0.15) is 0 Å². The molecule has 138 valence electrons. The molecule has 1 aromatic carbocycles. The van der Waals surface area contributed by atoms with Gasteiger partial charge in [0, 0.05) is 32.8 Å². The molecular weight excluding hydrogens is 415 g/mol. The monoisotopic (exact) mass is 448 g/mol. The van der Waals surface area contributed by atoms with Crippen molar-refractivity contribution < 1.29 is 4.74 Å². The third-order valence-electron chi connectivity index (χ3n) is 3.22. The molecule has 2 N–H and O–H groups in total. The molecule has 0 heterocycles. The van der Waals surface area contributed by atoms with Gasteiger partial charge in [0.1, 0.15) is 0 Å². The summed E-state index contributed by atoms with van der Waals surface area (Å²) in [4.78, 5) is 6.83. The standard InChI is InChI=1S/C18H32N4O.HI/c1-5-19-18(20-11-8-12-23-6-2)21-14-16-9-7-10-17(13-16)15-22(3)4;/h7,9-10,13H,5-6,8,11-12,14-15H2,1-4H3,(H2,19,20,21);1H. The smallest absolute Gasteiger partial charge is 0.191 e. The van der Waals surface area contributed by atoms with E-state index in [1.54, 1.807) is 0 Å². The molecule has 0 fully saturated rings. The lowest BCUT2D eigenvalue weighted by molar-refractivity contribution is 0.145. The molecule has 0 aromatic heterocycles. The Labute approximate surface area is 164 Å². The number of aliphatic imine (C=N–C) groups is 1. The van der Waals surface area contributed by atoms with Crippen molar-refractivity contribution in [2.45, 2.75) is 33.4 Å². The highest BCUT2D eigenvalue weighted by Gasteiger charge is 2.00. The van der Waals surface area contributed by atoms with Crippen LogP contribution in [0.4, 0.5) is 0 Å². The average molecular weight is 448 g/mol. The topological polar surface area (TPSA) is 48.9 Å². The second-order valence-electron chi connectivity index (χ2n) is 5.73. The molecule has 5 nitrogen and oxygen atoms in total. The predicted octanol–water partition coefficient (Wildman–Crippen LogP) is 2.85. The molecule has 1 rings (SSSR count). The summed E-state index contributed by atoms with van der Waals surface area (Å²) >= 11 is 0. The van der Waals surface area contributed by atoms with E-state index < -0.39 is 0 Å². The van der Waals surface area contributed by atoms with E-state index in [2.05, 4.69) is 65.8 Å². The van der Waals surface area contributed by atoms with E-state index in [0.717, 1.165) is 45.2 Å². The first-order chi connectivity index (χ1) is 11.2. The molecule has 0 radical (unpaired) electrons. The second-order valence-corrected chi connectivity index (χ2v) is 5.73. The molecule has 0 bridgehead atoms. The highest BCUT2D eigenvalue weighted by molar-refractivity contribution is 14.0. The Kier molecular flexibility index (Phi) is 14.0. The molecule has 1 aromatic rings. The summed E-state index contributed by atoms with van der Waals surface area (Å²) in [5.41, 5.74) is 2.55. The maximum atomic E-state index is 5.35. The Bertz CT molecular complexity index is 466. The molecule has 0 aliphatic rings. The highest BCUT2D eigenvalue weighted by atomic mass is 127. The highest BCUT2D eigenvalue weighted by Crippen LogP contribution is 2.08. The molecule has 0 aliphatic heterocycles. The van der Waals surface area contributed by atoms with Crippen molar-refractivity contribution >= 4 is 29.9 Å². The Morgan fingerprint density at radius 2 is 1.92 bits per heavy atom. The van der Waals surface area contributed by atoms with Crippen molar-refractivity contribution in [3.05, 3.63) is 35.4 Å². The molecule has 0 amide bonds. The largest absolute Gasteiger partial charge is 0.382 e. The fourth-order valence-corrected chi connectivity index (χ4v) is 2.23. The van der Waals surface area contributed by atoms with Gasteiger partial charge in [0.2, 0.25) is 0 Å². The lowest BCUT2D eigenvalue weighted by Crippen LogP contribution is -2.38. The van der Waals surface area contributed by atoms with Crippen molar-refractivity contribution in [2.75, 3.05) is 40.4 Å². The van der Waals surface area contributed by atoms with Crippen LogP contribution in [0.3, 0.4) is 0 Å². The zero-order valence-electron chi connectivity index (χ0n) is 15.5. The zero-order valence-corrected chi connectivity index (χ0v) is 17.8. The number of ether oxygens (including phenoxy) is 1. The molecule has 0 atom stereocenters. The molecule has 0 spiro atoms. The van der Waals surface area contributed by atoms with E-state index in [1.165, 1.54) is 11.1 Å². The van der Waals surface area contributed by atoms with Crippen molar-refractivity contribution in [3.63, 3.8) is 0 Å². The number of guanidine groups is 1. The van der Waals surface area contributed by atoms with Crippen LogP contribution in [-0.4, -0.2) is 51.3 Å². The summed E-state index contributed by atoms with van der Waals surface area (Å²) in [7, 11) is 4.17. The van der Waals surface area contributed by atoms with Crippen molar-refractivity contribution in [3.8, 4) is 0 Å². The third kappa shape index (κ3) is 10.8. The molecule has 0 saturated carbocycles. The van der Waals surface area contributed by atoms with E-state index >= 15 is 0 Å². The van der Waals surface area contributed by atoms with Crippen LogP contribution in [0.1, 0.15) is 31.4 Å². The summed E-state index contributed by atoms with van der Waals surface area (Å²) in [6.45, 7) is 9.02. The predicted molar refractivity (Wildman–Crippen MR) is 113 cm³/mol. The summed E-state index contributed by atoms with van der Waals surface area (Å²) in [5, 5.41) is 6.63. The first-order valence-electron chi connectivity index (χ1n) is 8.48. The van der Waals surface area contributed by atoms with Crippen molar-refractivity contribution in [2.24, 2.45) is 4.99 Å². The average Bonchev–Trinajstić information content (AvgIpc) is 2.52. The Hall–Kier alpha value is -0.860. The van der Waals surface area contributed by atoms with Crippen LogP contribution in [0, 0.1) is 0 Å². The van der Waals surface area contributed by atoms with Crippen LogP contribution < -0.4 is 10.6 Å². The SMILES string of the molecule is CCNC(=NCc1cccc(CN(C)C)c1)NCCCOCC.I. The molecule has 24 heavy (non-hydrogen) atoms. The Morgan fingerprint density at radius 1 is 1.17 bits per heavy atom. The second kappa shape index (κ2) is 14.5. The van der Waals surface area contributed by atoms with Gasteiger partial charge >= 0.3 is 0 Å². The maximum Gasteiger partial charge on any atom is 0.191 e. The van der Waals surface area contributed by atoms with Crippen LogP contribution in [0.25, 0.3) is 0 Å². The molecule has 0 saturated heterocycles. The maximum absolute atomic E-state index is 5.35. The number of halogens is 1. The fraction of sp³-hybridized carbons (Fsp3) is 0.611. The van der Waals surface area contributed by atoms with Gasteiger partial charge in [0.05, 0.1) is 6.54 Å². The minimum Gasteiger partial charge on any atom is -0.382 e. The van der Waals surface area contributed by atoms with Gasteiger partial charge in [0.15, 0.2) is 5.96 Å². The quantitative estimate of drug-likeness (QED) is 0.250. The summed E-state index contributed by atoms with van der Waals surface area (Å²) in [6.07, 6.45) is 0.983. The minimum atomic E-state index is 0.